The van der Waals surface area contributed by atoms with Gasteiger partial charge in [0.1, 0.15) is 7.05 Å². The maximum Gasteiger partial charge on any atom is 0.214 e. The molecule has 0 unspecified atom stereocenters. The van der Waals surface area contributed by atoms with Crippen molar-refractivity contribution in [3.63, 3.8) is 0 Å². The van der Waals surface area contributed by atoms with Gasteiger partial charge >= 0.3 is 0 Å². The predicted molar refractivity (Wildman–Crippen MR) is 65.1 cm³/mol. The number of aromatic nitrogens is 2. The van der Waals surface area contributed by atoms with Crippen molar-refractivity contribution >= 4 is 0 Å². The largest absolute Gasteiger partial charge is 0.261 e. The lowest BCUT2D eigenvalue weighted by Gasteiger charge is -2.05. The molecule has 0 aliphatic heterocycles. The molecule has 0 bridgehead atoms. The van der Waals surface area contributed by atoms with E-state index in [1.54, 1.807) is 0 Å². The summed E-state index contributed by atoms with van der Waals surface area (Å²) < 4.78 is 2.15. The van der Waals surface area contributed by atoms with Gasteiger partial charge in [0, 0.05) is 23.5 Å². The highest BCUT2D eigenvalue weighted by molar-refractivity contribution is 5.59. The van der Waals surface area contributed by atoms with Gasteiger partial charge in [-0.15, -0.1) is 0 Å². The van der Waals surface area contributed by atoms with Crippen molar-refractivity contribution in [2.75, 3.05) is 0 Å². The lowest BCUT2D eigenvalue weighted by Crippen LogP contribution is -2.31. The maximum atomic E-state index is 4.37. The summed E-state index contributed by atoms with van der Waals surface area (Å²) in [6.45, 7) is 6.25. The topological polar surface area (TPSA) is 16.8 Å². The van der Waals surface area contributed by atoms with Crippen LogP contribution in [-0.4, -0.2) is 4.98 Å². The molecule has 82 valence electrons. The van der Waals surface area contributed by atoms with E-state index in [0.717, 1.165) is 5.69 Å². The maximum absolute atomic E-state index is 4.37. The zero-order chi connectivity index (χ0) is 11.7. The summed E-state index contributed by atoms with van der Waals surface area (Å²) in [5.74, 6) is 0. The van der Waals surface area contributed by atoms with Crippen molar-refractivity contribution in [2.24, 2.45) is 7.05 Å². The van der Waals surface area contributed by atoms with E-state index in [9.17, 15) is 0 Å². The first kappa shape index (κ1) is 10.8. The SMILES string of the molecule is Cc1ccc(-c2cnc(C)cc2C)[n+](C)c1. The predicted octanol–water partition coefficient (Wildman–Crippen LogP) is 2.50. The molecule has 0 aliphatic carbocycles. The molecule has 0 radical (unpaired) electrons. The highest BCUT2D eigenvalue weighted by Gasteiger charge is 2.12. The molecule has 0 amide bonds. The molecule has 0 fully saturated rings. The van der Waals surface area contributed by atoms with Crippen molar-refractivity contribution in [3.05, 3.63) is 47.4 Å². The van der Waals surface area contributed by atoms with Crippen LogP contribution in [-0.2, 0) is 7.05 Å². The average molecular weight is 213 g/mol. The minimum absolute atomic E-state index is 1.07. The zero-order valence-corrected chi connectivity index (χ0v) is 10.3. The molecule has 0 saturated carbocycles. The molecule has 0 saturated heterocycles. The number of hydrogen-bond donors (Lipinski definition) is 0. The summed E-state index contributed by atoms with van der Waals surface area (Å²) in [5.41, 5.74) is 6.01. The number of pyridine rings is 2. The van der Waals surface area contributed by atoms with Crippen molar-refractivity contribution < 1.29 is 4.57 Å². The lowest BCUT2D eigenvalue weighted by molar-refractivity contribution is -0.660. The molecule has 2 heteroatoms. The summed E-state index contributed by atoms with van der Waals surface area (Å²) in [6.07, 6.45) is 4.09. The Balaban J connectivity index is 2.59. The van der Waals surface area contributed by atoms with Gasteiger partial charge in [0.05, 0.1) is 5.56 Å². The van der Waals surface area contributed by atoms with E-state index in [1.807, 2.05) is 13.1 Å². The molecule has 2 aromatic heterocycles. The van der Waals surface area contributed by atoms with Gasteiger partial charge in [-0.2, -0.15) is 0 Å². The van der Waals surface area contributed by atoms with Crippen LogP contribution < -0.4 is 4.57 Å². The molecule has 0 aliphatic rings. The summed E-state index contributed by atoms with van der Waals surface area (Å²) in [6, 6.07) is 6.40. The number of rotatable bonds is 1. The number of hydrogen-bond acceptors (Lipinski definition) is 1. The molecule has 0 spiro atoms. The molecule has 16 heavy (non-hydrogen) atoms. The van der Waals surface area contributed by atoms with Gasteiger partial charge in [0.2, 0.25) is 5.69 Å². The molecule has 2 heterocycles. The third-order valence-electron chi connectivity index (χ3n) is 2.80. The molecule has 2 aromatic rings. The quantitative estimate of drug-likeness (QED) is 0.665. The second-order valence-corrected chi connectivity index (χ2v) is 4.34. The van der Waals surface area contributed by atoms with Crippen LogP contribution in [0, 0.1) is 20.8 Å². The fourth-order valence-corrected chi connectivity index (χ4v) is 1.99. The lowest BCUT2D eigenvalue weighted by atomic mass is 10.1. The molecule has 0 N–H and O–H groups in total. The summed E-state index contributed by atoms with van der Waals surface area (Å²) in [5, 5.41) is 0. The third-order valence-corrected chi connectivity index (χ3v) is 2.80. The Labute approximate surface area is 96.6 Å². The van der Waals surface area contributed by atoms with Gasteiger partial charge in [-0.05, 0) is 38.5 Å². The summed E-state index contributed by atoms with van der Waals surface area (Å²) >= 11 is 0. The van der Waals surface area contributed by atoms with Crippen molar-refractivity contribution in [1.29, 1.82) is 0 Å². The van der Waals surface area contributed by atoms with Crippen LogP contribution in [0.1, 0.15) is 16.8 Å². The molecule has 0 atom stereocenters. The number of nitrogens with zero attached hydrogens (tertiary/aromatic N) is 2. The smallest absolute Gasteiger partial charge is 0.214 e. The first-order valence-electron chi connectivity index (χ1n) is 5.48. The van der Waals surface area contributed by atoms with E-state index < -0.39 is 0 Å². The minimum Gasteiger partial charge on any atom is -0.261 e. The molecule has 0 aromatic carbocycles. The highest BCUT2D eigenvalue weighted by atomic mass is 14.9. The van der Waals surface area contributed by atoms with Gasteiger partial charge in [0.15, 0.2) is 6.20 Å². The summed E-state index contributed by atoms with van der Waals surface area (Å²) in [7, 11) is 2.07. The Morgan fingerprint density at radius 2 is 1.88 bits per heavy atom. The average Bonchev–Trinajstić information content (AvgIpc) is 2.19. The first-order chi connectivity index (χ1) is 7.58. The molecule has 2 rings (SSSR count). The Morgan fingerprint density at radius 3 is 2.50 bits per heavy atom. The normalized spacial score (nSPS) is 10.5. The van der Waals surface area contributed by atoms with Gasteiger partial charge < -0.3 is 0 Å². The number of aryl methyl sites for hydroxylation is 4. The van der Waals surface area contributed by atoms with Gasteiger partial charge in [-0.1, -0.05) is 0 Å². The first-order valence-corrected chi connectivity index (χ1v) is 5.48. The van der Waals surface area contributed by atoms with Gasteiger partial charge in [0.25, 0.3) is 0 Å². The van der Waals surface area contributed by atoms with Crippen molar-refractivity contribution in [3.8, 4) is 11.3 Å². The van der Waals surface area contributed by atoms with E-state index in [4.69, 9.17) is 0 Å². The van der Waals surface area contributed by atoms with E-state index in [1.165, 1.54) is 22.4 Å². The van der Waals surface area contributed by atoms with Gasteiger partial charge in [-0.3, -0.25) is 4.98 Å². The van der Waals surface area contributed by atoms with E-state index in [0.29, 0.717) is 0 Å². The fraction of sp³-hybridized carbons (Fsp3) is 0.286. The van der Waals surface area contributed by atoms with Crippen molar-refractivity contribution in [2.45, 2.75) is 20.8 Å². The van der Waals surface area contributed by atoms with Crippen molar-refractivity contribution in [1.82, 2.24) is 4.98 Å². The van der Waals surface area contributed by atoms with Crippen LogP contribution in [0.4, 0.5) is 0 Å². The van der Waals surface area contributed by atoms with Gasteiger partial charge in [-0.25, -0.2) is 4.57 Å². The van der Waals surface area contributed by atoms with Crippen LogP contribution in [0.5, 0.6) is 0 Å². The summed E-state index contributed by atoms with van der Waals surface area (Å²) in [4.78, 5) is 4.37. The Hall–Kier alpha value is -1.70. The van der Waals surface area contributed by atoms with Crippen LogP contribution in [0.15, 0.2) is 30.6 Å². The zero-order valence-electron chi connectivity index (χ0n) is 10.3. The van der Waals surface area contributed by atoms with Crippen LogP contribution in [0.2, 0.25) is 0 Å². The Morgan fingerprint density at radius 1 is 1.12 bits per heavy atom. The van der Waals surface area contributed by atoms with Crippen LogP contribution in [0.3, 0.4) is 0 Å². The van der Waals surface area contributed by atoms with Crippen LogP contribution >= 0.6 is 0 Å². The van der Waals surface area contributed by atoms with E-state index in [-0.39, 0.29) is 0 Å². The second kappa shape index (κ2) is 4.05. The Kier molecular flexibility index (Phi) is 2.73. The standard InChI is InChI=1S/C14H17N2/c1-10-5-6-14(16(4)9-10)13-8-15-12(3)7-11(13)2/h5-9H,1-4H3/q+1. The minimum atomic E-state index is 1.07. The van der Waals surface area contributed by atoms with Crippen LogP contribution in [0.25, 0.3) is 11.3 Å². The molecular weight excluding hydrogens is 196 g/mol. The van der Waals surface area contributed by atoms with E-state index in [2.05, 4.69) is 54.8 Å². The third kappa shape index (κ3) is 1.96. The van der Waals surface area contributed by atoms with E-state index >= 15 is 0 Å². The second-order valence-electron chi connectivity index (χ2n) is 4.34. The monoisotopic (exact) mass is 213 g/mol. The molecule has 2 nitrogen and oxygen atoms in total. The fourth-order valence-electron chi connectivity index (χ4n) is 1.99. The highest BCUT2D eigenvalue weighted by Crippen LogP contribution is 2.19. The Bertz CT molecular complexity index is 481. The molecular formula is C14H17N2+.